The van der Waals surface area contributed by atoms with E-state index in [1.807, 2.05) is 0 Å². The number of nitrogens with zero attached hydrogens (tertiary/aromatic N) is 1. The van der Waals surface area contributed by atoms with Crippen molar-refractivity contribution in [2.75, 3.05) is 37.1 Å². The number of anilines is 2. The Morgan fingerprint density at radius 1 is 1.14 bits per heavy atom. The van der Waals surface area contributed by atoms with Gasteiger partial charge >= 0.3 is 6.18 Å². The number of hydrogen-bond acceptors (Lipinski definition) is 5. The molecule has 0 saturated carbocycles. The molecule has 1 unspecified atom stereocenters. The first-order valence-corrected chi connectivity index (χ1v) is 11.6. The van der Waals surface area contributed by atoms with Gasteiger partial charge in [-0.15, -0.1) is 0 Å². The third kappa shape index (κ3) is 5.91. The summed E-state index contributed by atoms with van der Waals surface area (Å²) in [6, 6.07) is 11.7. The van der Waals surface area contributed by atoms with Crippen molar-refractivity contribution < 1.29 is 36.9 Å². The lowest BCUT2D eigenvalue weighted by molar-refractivity contribution is -0.140. The van der Waals surface area contributed by atoms with Crippen LogP contribution >= 0.6 is 11.6 Å². The van der Waals surface area contributed by atoms with E-state index in [-0.39, 0.29) is 31.9 Å². The molecule has 0 aliphatic carbocycles. The smallest absolute Gasteiger partial charge is 0.419 e. The number of halogens is 5. The minimum Gasteiger partial charge on any atom is -0.497 e. The molecule has 0 spiro atoms. The topological polar surface area (TPSA) is 71.0 Å². The number of amides is 1. The molecule has 6 nitrogen and oxygen atoms in total. The predicted molar refractivity (Wildman–Crippen MR) is 131 cm³/mol. The van der Waals surface area contributed by atoms with Crippen molar-refractivity contribution in [2.24, 2.45) is 0 Å². The zero-order valence-corrected chi connectivity index (χ0v) is 20.4. The van der Waals surface area contributed by atoms with E-state index < -0.39 is 29.5 Å². The number of benzene rings is 3. The Balaban J connectivity index is 1.73. The van der Waals surface area contributed by atoms with Crippen LogP contribution in [0, 0.1) is 5.82 Å². The molecular formula is C26H23ClF4N2O4. The molecule has 0 saturated heterocycles. The first kappa shape index (κ1) is 26.6. The van der Waals surface area contributed by atoms with E-state index >= 15 is 0 Å². The molecule has 2 N–H and O–H groups in total. The van der Waals surface area contributed by atoms with Crippen LogP contribution in [0.4, 0.5) is 28.9 Å². The van der Waals surface area contributed by atoms with Crippen LogP contribution in [0.5, 0.6) is 11.5 Å². The lowest BCUT2D eigenvalue weighted by Gasteiger charge is -2.27. The predicted octanol–water partition coefficient (Wildman–Crippen LogP) is 5.62. The molecule has 37 heavy (non-hydrogen) atoms. The van der Waals surface area contributed by atoms with E-state index in [1.165, 1.54) is 12.0 Å². The fraction of sp³-hybridized carbons (Fsp3) is 0.269. The molecule has 3 aromatic rings. The highest BCUT2D eigenvalue weighted by atomic mass is 35.5. The summed E-state index contributed by atoms with van der Waals surface area (Å²) in [5, 5.41) is 12.6. The molecule has 1 atom stereocenters. The zero-order valence-electron chi connectivity index (χ0n) is 19.6. The van der Waals surface area contributed by atoms with Gasteiger partial charge in [0, 0.05) is 41.1 Å². The maximum Gasteiger partial charge on any atom is 0.419 e. The molecular weight excluding hydrogens is 516 g/mol. The summed E-state index contributed by atoms with van der Waals surface area (Å²) < 4.78 is 65.1. The number of nitrogens with one attached hydrogen (secondary N) is 1. The van der Waals surface area contributed by atoms with Gasteiger partial charge < -0.3 is 24.8 Å². The minimum atomic E-state index is -4.91. The summed E-state index contributed by atoms with van der Waals surface area (Å²) >= 11 is 6.02. The highest BCUT2D eigenvalue weighted by Crippen LogP contribution is 2.39. The number of aliphatic hydroxyl groups excluding tert-OH is 1. The quantitative estimate of drug-likeness (QED) is 0.364. The van der Waals surface area contributed by atoms with Gasteiger partial charge in [-0.25, -0.2) is 4.39 Å². The highest BCUT2D eigenvalue weighted by molar-refractivity contribution is 6.30. The number of alkyl halides is 3. The van der Waals surface area contributed by atoms with Gasteiger partial charge in [-0.3, -0.25) is 4.79 Å². The summed E-state index contributed by atoms with van der Waals surface area (Å²) in [5.74, 6) is -1.13. The highest BCUT2D eigenvalue weighted by Gasteiger charge is 2.38. The Kier molecular flexibility index (Phi) is 7.79. The van der Waals surface area contributed by atoms with Gasteiger partial charge in [0.05, 0.1) is 19.3 Å². The van der Waals surface area contributed by atoms with Gasteiger partial charge in [0.1, 0.15) is 30.0 Å². The maximum atomic E-state index is 14.1. The standard InChI is InChI=1S/C26H23ClF4N2O4/c1-36-19-11-18(12-20(13-19)37-9-8-34)32-24(15-2-4-17(27)5-3-15)25(35)33-7-6-16-10-22(28)21(14-23(16)33)26(29,30)31/h2-5,10-14,24,32,34H,6-9H2,1H3. The van der Waals surface area contributed by atoms with Gasteiger partial charge in [0.2, 0.25) is 0 Å². The number of methoxy groups -OCH3 is 1. The summed E-state index contributed by atoms with van der Waals surface area (Å²) in [6.07, 6.45) is -4.70. The number of rotatable bonds is 8. The van der Waals surface area contributed by atoms with Crippen molar-refractivity contribution in [3.8, 4) is 11.5 Å². The van der Waals surface area contributed by atoms with Crippen molar-refractivity contribution in [2.45, 2.75) is 18.6 Å². The number of hydrogen-bond donors (Lipinski definition) is 2. The van der Waals surface area contributed by atoms with Gasteiger partial charge in [-0.1, -0.05) is 23.7 Å². The van der Waals surface area contributed by atoms with Crippen LogP contribution in [0.25, 0.3) is 0 Å². The lowest BCUT2D eigenvalue weighted by atomic mass is 10.0. The first-order chi connectivity index (χ1) is 17.6. The molecule has 1 aliphatic rings. The van der Waals surface area contributed by atoms with E-state index in [1.54, 1.807) is 42.5 Å². The molecule has 0 bridgehead atoms. The maximum absolute atomic E-state index is 14.1. The van der Waals surface area contributed by atoms with Crippen LogP contribution < -0.4 is 19.7 Å². The Hall–Kier alpha value is -3.50. The van der Waals surface area contributed by atoms with Crippen molar-refractivity contribution in [1.29, 1.82) is 0 Å². The summed E-state index contributed by atoms with van der Waals surface area (Å²) in [6.45, 7) is -0.0841. The molecule has 0 aromatic heterocycles. The van der Waals surface area contributed by atoms with Gasteiger partial charge in [0.25, 0.3) is 5.91 Å². The number of ether oxygens (including phenoxy) is 2. The average Bonchev–Trinajstić information content (AvgIpc) is 3.27. The van der Waals surface area contributed by atoms with Crippen molar-refractivity contribution in [3.63, 3.8) is 0 Å². The zero-order chi connectivity index (χ0) is 26.7. The largest absolute Gasteiger partial charge is 0.497 e. The van der Waals surface area contributed by atoms with E-state index in [0.717, 1.165) is 6.07 Å². The van der Waals surface area contributed by atoms with Crippen LogP contribution in [0.15, 0.2) is 54.6 Å². The van der Waals surface area contributed by atoms with Crippen LogP contribution in [0.2, 0.25) is 5.02 Å². The van der Waals surface area contributed by atoms with Crippen LogP contribution in [0.3, 0.4) is 0 Å². The Labute approximate surface area is 215 Å². The summed E-state index contributed by atoms with van der Waals surface area (Å²) in [7, 11) is 1.45. The number of aliphatic hydroxyl groups is 1. The van der Waals surface area contributed by atoms with Crippen molar-refractivity contribution >= 4 is 28.9 Å². The summed E-state index contributed by atoms with van der Waals surface area (Å²) in [5.41, 5.74) is -0.177. The molecule has 0 radical (unpaired) electrons. The molecule has 196 valence electrons. The SMILES string of the molecule is COc1cc(NC(C(=O)N2CCc3cc(F)c(C(F)(F)F)cc32)c2ccc(Cl)cc2)cc(OCCO)c1. The van der Waals surface area contributed by atoms with E-state index in [4.69, 9.17) is 26.2 Å². The Morgan fingerprint density at radius 2 is 1.84 bits per heavy atom. The molecule has 1 amide bonds. The molecule has 1 aliphatic heterocycles. The minimum absolute atomic E-state index is 0.0112. The second-order valence-corrected chi connectivity index (χ2v) is 8.73. The van der Waals surface area contributed by atoms with E-state index in [2.05, 4.69) is 5.32 Å². The monoisotopic (exact) mass is 538 g/mol. The Bertz CT molecular complexity index is 1280. The molecule has 4 rings (SSSR count). The van der Waals surface area contributed by atoms with Gasteiger partial charge in [-0.05, 0) is 41.8 Å². The summed E-state index contributed by atoms with van der Waals surface area (Å²) in [4.78, 5) is 15.0. The number of carbonyl (C=O) groups excluding carboxylic acids is 1. The van der Waals surface area contributed by atoms with E-state index in [9.17, 15) is 22.4 Å². The van der Waals surface area contributed by atoms with Gasteiger partial charge in [-0.2, -0.15) is 13.2 Å². The fourth-order valence-electron chi connectivity index (χ4n) is 4.14. The van der Waals surface area contributed by atoms with E-state index in [0.29, 0.717) is 39.4 Å². The molecule has 3 aromatic carbocycles. The molecule has 0 fully saturated rings. The lowest BCUT2D eigenvalue weighted by Crippen LogP contribution is -2.37. The average molecular weight is 539 g/mol. The first-order valence-electron chi connectivity index (χ1n) is 11.3. The van der Waals surface area contributed by atoms with Crippen LogP contribution in [-0.2, 0) is 17.4 Å². The van der Waals surface area contributed by atoms with Crippen molar-refractivity contribution in [3.05, 3.63) is 82.1 Å². The van der Waals surface area contributed by atoms with Crippen LogP contribution in [-0.4, -0.2) is 37.9 Å². The van der Waals surface area contributed by atoms with Crippen molar-refractivity contribution in [1.82, 2.24) is 0 Å². The molecule has 1 heterocycles. The van der Waals surface area contributed by atoms with Crippen LogP contribution in [0.1, 0.15) is 22.7 Å². The second-order valence-electron chi connectivity index (χ2n) is 8.30. The molecule has 11 heteroatoms. The number of fused-ring (bicyclic) bond motifs is 1. The van der Waals surface area contributed by atoms with Gasteiger partial charge in [0.15, 0.2) is 0 Å². The third-order valence-corrected chi connectivity index (χ3v) is 6.12. The normalized spacial score (nSPS) is 13.8. The third-order valence-electron chi connectivity index (χ3n) is 5.87. The fourth-order valence-corrected chi connectivity index (χ4v) is 4.26. The second kappa shape index (κ2) is 10.9. The Morgan fingerprint density at radius 3 is 2.49 bits per heavy atom. The number of carbonyl (C=O) groups is 1.